The van der Waals surface area contributed by atoms with Gasteiger partial charge in [0, 0.05) is 23.5 Å². The molecule has 2 atom stereocenters. The smallest absolute Gasteiger partial charge is 0.475 e. The van der Waals surface area contributed by atoms with Crippen molar-refractivity contribution in [2.75, 3.05) is 18.4 Å². The summed E-state index contributed by atoms with van der Waals surface area (Å²) in [6.07, 6.45) is -0.0515. The van der Waals surface area contributed by atoms with E-state index in [0.29, 0.717) is 0 Å². The highest BCUT2D eigenvalue weighted by atomic mass is 19.4. The average molecular weight is 577 g/mol. The van der Waals surface area contributed by atoms with Gasteiger partial charge in [0.15, 0.2) is 0 Å². The van der Waals surface area contributed by atoms with E-state index < -0.39 is 17.6 Å². The highest BCUT2D eigenvalue weighted by Crippen LogP contribution is 2.64. The molecular weight excluding hydrogens is 545 g/mol. The molecule has 1 aromatic heterocycles. The molecule has 7 nitrogen and oxygen atoms in total. The number of aliphatic carboxylic acids is 1. The van der Waals surface area contributed by atoms with Gasteiger partial charge in [-0.15, -0.1) is 0 Å². The van der Waals surface area contributed by atoms with Crippen molar-refractivity contribution in [3.8, 4) is 0 Å². The molecule has 1 aliphatic carbocycles. The van der Waals surface area contributed by atoms with Gasteiger partial charge < -0.3 is 10.4 Å². The first-order chi connectivity index (χ1) is 20.1. The summed E-state index contributed by atoms with van der Waals surface area (Å²) in [5, 5.41) is 19.0. The van der Waals surface area contributed by atoms with Gasteiger partial charge >= 0.3 is 12.1 Å². The number of alkyl halides is 3. The molecule has 0 radical (unpaired) electrons. The lowest BCUT2D eigenvalue weighted by Crippen LogP contribution is -2.21. The number of carbonyl (C=O) groups is 2. The lowest BCUT2D eigenvalue weighted by atomic mass is 9.92. The zero-order chi connectivity index (χ0) is 30.1. The second-order valence-electron chi connectivity index (χ2n) is 10.5. The number of para-hydroxylation sites is 1. The Hall–Kier alpha value is -4.44. The number of nitrogens with zero attached hydrogens (tertiary/aromatic N) is 2. The molecule has 3 aromatic carbocycles. The quantitative estimate of drug-likeness (QED) is 0.231. The number of amides is 1. The summed E-state index contributed by atoms with van der Waals surface area (Å²) in [7, 11) is 0. The van der Waals surface area contributed by atoms with Crippen molar-refractivity contribution in [2.24, 2.45) is 0 Å². The number of hydrogen-bond acceptors (Lipinski definition) is 4. The number of carboxylic acid groups (broad SMARTS) is 1. The van der Waals surface area contributed by atoms with E-state index in [0.717, 1.165) is 59.5 Å². The molecular formula is C32H31F3N4O3. The van der Waals surface area contributed by atoms with Crippen molar-refractivity contribution in [3.05, 3.63) is 94.7 Å². The number of aromatic amines is 1. The topological polar surface area (TPSA) is 98.3 Å². The predicted octanol–water partition coefficient (Wildman–Crippen LogP) is 6.59. The fraction of sp³-hybridized carbons (Fsp3) is 0.281. The van der Waals surface area contributed by atoms with E-state index in [9.17, 15) is 18.0 Å². The van der Waals surface area contributed by atoms with Crippen LogP contribution in [-0.4, -0.2) is 51.3 Å². The van der Waals surface area contributed by atoms with E-state index >= 15 is 0 Å². The number of halogens is 3. The third-order valence-corrected chi connectivity index (χ3v) is 8.00. The molecule has 2 aliphatic rings. The number of hydrogen-bond donors (Lipinski definition) is 3. The number of benzene rings is 3. The van der Waals surface area contributed by atoms with Gasteiger partial charge in [-0.3, -0.25) is 14.8 Å². The van der Waals surface area contributed by atoms with Crippen LogP contribution in [0.2, 0.25) is 0 Å². The first-order valence-corrected chi connectivity index (χ1v) is 13.7. The van der Waals surface area contributed by atoms with E-state index in [1.54, 1.807) is 0 Å². The van der Waals surface area contributed by atoms with Crippen LogP contribution < -0.4 is 5.32 Å². The summed E-state index contributed by atoms with van der Waals surface area (Å²) in [5.41, 5.74) is 7.28. The summed E-state index contributed by atoms with van der Waals surface area (Å²) < 4.78 is 31.7. The maximum absolute atomic E-state index is 12.8. The van der Waals surface area contributed by atoms with E-state index in [1.165, 1.54) is 11.1 Å². The SMILES string of the molecule is CCN(CC)Cc1ccc(C=Cc2n[nH]c3cc([C@@H]4C[C@@]45C(=O)Nc4ccccc45)ccc23)cc1.O=C(O)C(F)(F)F. The molecule has 1 amide bonds. The Balaban J connectivity index is 0.000000451. The zero-order valence-electron chi connectivity index (χ0n) is 23.2. The molecule has 42 heavy (non-hydrogen) atoms. The van der Waals surface area contributed by atoms with E-state index in [4.69, 9.17) is 9.90 Å². The van der Waals surface area contributed by atoms with Crippen LogP contribution in [0.3, 0.4) is 0 Å². The van der Waals surface area contributed by atoms with Crippen molar-refractivity contribution >= 4 is 40.6 Å². The zero-order valence-corrected chi connectivity index (χ0v) is 23.2. The van der Waals surface area contributed by atoms with Crippen molar-refractivity contribution in [1.29, 1.82) is 0 Å². The fourth-order valence-electron chi connectivity index (χ4n) is 5.57. The maximum Gasteiger partial charge on any atom is 0.490 e. The number of carboxylic acids is 1. The Morgan fingerprint density at radius 2 is 1.76 bits per heavy atom. The molecule has 1 saturated carbocycles. The van der Waals surface area contributed by atoms with Gasteiger partial charge in [0.1, 0.15) is 0 Å². The fourth-order valence-corrected chi connectivity index (χ4v) is 5.57. The maximum atomic E-state index is 12.8. The van der Waals surface area contributed by atoms with Crippen LogP contribution in [0, 0.1) is 0 Å². The minimum Gasteiger partial charge on any atom is -0.475 e. The molecule has 1 aliphatic heterocycles. The van der Waals surface area contributed by atoms with Crippen molar-refractivity contribution in [1.82, 2.24) is 15.1 Å². The first-order valence-electron chi connectivity index (χ1n) is 13.7. The summed E-state index contributed by atoms with van der Waals surface area (Å²) in [5.74, 6) is -2.43. The van der Waals surface area contributed by atoms with Gasteiger partial charge in [0.05, 0.1) is 16.6 Å². The lowest BCUT2D eigenvalue weighted by Gasteiger charge is -2.17. The molecule has 218 valence electrons. The normalized spacial score (nSPS) is 19.2. The standard InChI is InChI=1S/C30H30N4O.C2HF3O2/c1-3-34(4-2)19-21-11-9-20(10-12-21)13-16-26-23-15-14-22(17-28(23)33-32-26)25-18-30(25)24-7-5-6-8-27(24)31-29(30)35;3-2(4,5)1(6)7/h5-17,25H,3-4,18-19H2,1-2H3,(H,31,35)(H,32,33);(H,6,7)/t25-,30-;/m0./s1. The second kappa shape index (κ2) is 11.4. The highest BCUT2D eigenvalue weighted by molar-refractivity contribution is 6.09. The minimum atomic E-state index is -5.08. The Bertz CT molecular complexity index is 1640. The minimum absolute atomic E-state index is 0.125. The Labute approximate surface area is 241 Å². The molecule has 0 bridgehead atoms. The van der Waals surface area contributed by atoms with Gasteiger partial charge in [-0.1, -0.05) is 74.5 Å². The number of fused-ring (bicyclic) bond motifs is 3. The van der Waals surface area contributed by atoms with Gasteiger partial charge in [-0.25, -0.2) is 4.79 Å². The van der Waals surface area contributed by atoms with Crippen LogP contribution in [0.1, 0.15) is 54.1 Å². The summed E-state index contributed by atoms with van der Waals surface area (Å²) in [4.78, 5) is 24.2. The number of rotatable bonds is 7. The van der Waals surface area contributed by atoms with Crippen molar-refractivity contribution in [3.63, 3.8) is 0 Å². The first kappa shape index (κ1) is 29.1. The Kier molecular flexibility index (Phi) is 7.92. The molecule has 0 saturated heterocycles. The average Bonchev–Trinajstić information content (AvgIpc) is 3.51. The number of nitrogens with one attached hydrogen (secondary N) is 2. The van der Waals surface area contributed by atoms with Crippen LogP contribution in [-0.2, 0) is 21.5 Å². The second-order valence-corrected chi connectivity index (χ2v) is 10.5. The number of aromatic nitrogens is 2. The number of H-pyrrole nitrogens is 1. The number of carbonyl (C=O) groups excluding carboxylic acids is 1. The van der Waals surface area contributed by atoms with E-state index in [1.807, 2.05) is 18.2 Å². The summed E-state index contributed by atoms with van der Waals surface area (Å²) >= 11 is 0. The molecule has 1 fully saturated rings. The lowest BCUT2D eigenvalue weighted by molar-refractivity contribution is -0.192. The molecule has 10 heteroatoms. The monoisotopic (exact) mass is 576 g/mol. The predicted molar refractivity (Wildman–Crippen MR) is 156 cm³/mol. The summed E-state index contributed by atoms with van der Waals surface area (Å²) in [6.45, 7) is 7.51. The Morgan fingerprint density at radius 3 is 2.43 bits per heavy atom. The van der Waals surface area contributed by atoms with Crippen LogP contribution in [0.15, 0.2) is 66.7 Å². The van der Waals surface area contributed by atoms with Crippen LogP contribution in [0.5, 0.6) is 0 Å². The van der Waals surface area contributed by atoms with Crippen LogP contribution in [0.25, 0.3) is 23.1 Å². The summed E-state index contributed by atoms with van der Waals surface area (Å²) in [6, 6.07) is 23.3. The van der Waals surface area contributed by atoms with Gasteiger partial charge in [-0.2, -0.15) is 18.3 Å². The van der Waals surface area contributed by atoms with Gasteiger partial charge in [0.25, 0.3) is 0 Å². The van der Waals surface area contributed by atoms with Crippen LogP contribution >= 0.6 is 0 Å². The van der Waals surface area contributed by atoms with Crippen molar-refractivity contribution < 1.29 is 27.9 Å². The molecule has 6 rings (SSSR count). The third kappa shape index (κ3) is 5.67. The highest BCUT2D eigenvalue weighted by Gasteiger charge is 2.65. The van der Waals surface area contributed by atoms with Crippen molar-refractivity contribution in [2.45, 2.75) is 44.3 Å². The van der Waals surface area contributed by atoms with Gasteiger partial charge in [-0.05, 0) is 60.0 Å². The van der Waals surface area contributed by atoms with E-state index in [-0.39, 0.29) is 11.8 Å². The molecule has 1 spiro atoms. The molecule has 3 N–H and O–H groups in total. The number of anilines is 1. The van der Waals surface area contributed by atoms with Crippen LogP contribution in [0.4, 0.5) is 18.9 Å². The molecule has 2 heterocycles. The largest absolute Gasteiger partial charge is 0.490 e. The molecule has 0 unspecified atom stereocenters. The third-order valence-electron chi connectivity index (χ3n) is 8.00. The van der Waals surface area contributed by atoms with Gasteiger partial charge in [0.2, 0.25) is 5.91 Å². The molecule has 4 aromatic rings. The Morgan fingerprint density at radius 1 is 1.07 bits per heavy atom. The van der Waals surface area contributed by atoms with E-state index in [2.05, 4.69) is 94.9 Å².